The maximum absolute atomic E-state index is 9.00. The van der Waals surface area contributed by atoms with Gasteiger partial charge in [-0.2, -0.15) is 9.64 Å². The molecule has 0 saturated heterocycles. The Morgan fingerprint density at radius 2 is 2.27 bits per heavy atom. The molecule has 0 aromatic carbocycles. The summed E-state index contributed by atoms with van der Waals surface area (Å²) in [5, 5.41) is 9.89. The van der Waals surface area contributed by atoms with E-state index in [1.165, 1.54) is 11.5 Å². The highest BCUT2D eigenvalue weighted by Crippen LogP contribution is 2.31. The third kappa shape index (κ3) is 2.39. The zero-order valence-electron chi connectivity index (χ0n) is 9.32. The van der Waals surface area contributed by atoms with Gasteiger partial charge in [0.05, 0.1) is 0 Å². The standard InChI is InChI=1S/C10H16N4S/c1-4-5-14(7(2)3)10-8(6-11)9(12)13-15-10/h7H,4-5H2,1-3H3,(H2,12,13). The van der Waals surface area contributed by atoms with Crippen molar-refractivity contribution in [3.63, 3.8) is 0 Å². The lowest BCUT2D eigenvalue weighted by molar-refractivity contribution is 0.676. The van der Waals surface area contributed by atoms with Gasteiger partial charge in [-0.05, 0) is 31.8 Å². The van der Waals surface area contributed by atoms with E-state index in [0.29, 0.717) is 17.4 Å². The lowest BCUT2D eigenvalue weighted by Crippen LogP contribution is -2.31. The quantitative estimate of drug-likeness (QED) is 0.851. The summed E-state index contributed by atoms with van der Waals surface area (Å²) in [5.74, 6) is 0.347. The van der Waals surface area contributed by atoms with Crippen molar-refractivity contribution in [3.05, 3.63) is 5.56 Å². The third-order valence-electron chi connectivity index (χ3n) is 2.16. The molecule has 0 unspecified atom stereocenters. The summed E-state index contributed by atoms with van der Waals surface area (Å²) in [5.41, 5.74) is 6.15. The summed E-state index contributed by atoms with van der Waals surface area (Å²) in [7, 11) is 0. The van der Waals surface area contributed by atoms with E-state index in [1.807, 2.05) is 0 Å². The highest BCUT2D eigenvalue weighted by molar-refractivity contribution is 7.10. The highest BCUT2D eigenvalue weighted by atomic mass is 32.1. The van der Waals surface area contributed by atoms with Crippen LogP contribution in [0.25, 0.3) is 0 Å². The summed E-state index contributed by atoms with van der Waals surface area (Å²) < 4.78 is 4.03. The van der Waals surface area contributed by atoms with Gasteiger partial charge in [-0.1, -0.05) is 6.92 Å². The molecule has 0 radical (unpaired) electrons. The molecule has 1 heterocycles. The van der Waals surface area contributed by atoms with Crippen molar-refractivity contribution in [2.75, 3.05) is 17.2 Å². The number of nitrogens with zero attached hydrogens (tertiary/aromatic N) is 3. The fraction of sp³-hybridized carbons (Fsp3) is 0.600. The molecule has 0 aliphatic carbocycles. The van der Waals surface area contributed by atoms with Crippen LogP contribution in [-0.2, 0) is 0 Å². The molecule has 0 amide bonds. The topological polar surface area (TPSA) is 65.9 Å². The molecule has 0 aliphatic rings. The number of nitrogens with two attached hydrogens (primary N) is 1. The summed E-state index contributed by atoms with van der Waals surface area (Å²) in [6, 6.07) is 2.48. The van der Waals surface area contributed by atoms with E-state index in [0.717, 1.165) is 18.0 Å². The fourth-order valence-electron chi connectivity index (χ4n) is 1.43. The number of anilines is 2. The van der Waals surface area contributed by atoms with Gasteiger partial charge in [-0.25, -0.2) is 0 Å². The molecule has 0 aliphatic heterocycles. The molecular weight excluding hydrogens is 208 g/mol. The van der Waals surface area contributed by atoms with Crippen LogP contribution in [0.3, 0.4) is 0 Å². The van der Waals surface area contributed by atoms with Gasteiger partial charge in [0, 0.05) is 12.6 Å². The Bertz CT molecular complexity index is 364. The molecule has 1 aromatic heterocycles. The SMILES string of the molecule is CCCN(c1snc(N)c1C#N)C(C)C. The van der Waals surface area contributed by atoms with E-state index in [1.54, 1.807) is 0 Å². The number of rotatable bonds is 4. The first-order chi connectivity index (χ1) is 7.11. The lowest BCUT2D eigenvalue weighted by Gasteiger charge is -2.26. The van der Waals surface area contributed by atoms with E-state index in [-0.39, 0.29) is 0 Å². The number of hydrogen-bond donors (Lipinski definition) is 1. The van der Waals surface area contributed by atoms with Crippen LogP contribution in [0.2, 0.25) is 0 Å². The molecule has 1 rings (SSSR count). The van der Waals surface area contributed by atoms with Crippen LogP contribution in [0.15, 0.2) is 0 Å². The number of nitrogen functional groups attached to an aromatic ring is 1. The van der Waals surface area contributed by atoms with Crippen molar-refractivity contribution < 1.29 is 0 Å². The predicted molar refractivity (Wildman–Crippen MR) is 64.0 cm³/mol. The first-order valence-electron chi connectivity index (χ1n) is 5.03. The van der Waals surface area contributed by atoms with Crippen LogP contribution < -0.4 is 10.6 Å². The summed E-state index contributed by atoms with van der Waals surface area (Å²) in [6.07, 6.45) is 1.04. The van der Waals surface area contributed by atoms with E-state index >= 15 is 0 Å². The predicted octanol–water partition coefficient (Wildman–Crippen LogP) is 2.22. The zero-order chi connectivity index (χ0) is 11.4. The highest BCUT2D eigenvalue weighted by Gasteiger charge is 2.19. The normalized spacial score (nSPS) is 10.3. The first-order valence-corrected chi connectivity index (χ1v) is 5.81. The Hall–Kier alpha value is -1.28. The maximum Gasteiger partial charge on any atom is 0.157 e. The Morgan fingerprint density at radius 3 is 2.73 bits per heavy atom. The molecule has 0 fully saturated rings. The summed E-state index contributed by atoms with van der Waals surface area (Å²) in [4.78, 5) is 2.17. The minimum atomic E-state index is 0.347. The molecule has 1 aromatic rings. The second-order valence-corrected chi connectivity index (χ2v) is 4.40. The molecule has 4 nitrogen and oxygen atoms in total. The van der Waals surface area contributed by atoms with Crippen LogP contribution in [-0.4, -0.2) is 17.0 Å². The molecule has 2 N–H and O–H groups in total. The van der Waals surface area contributed by atoms with Crippen LogP contribution >= 0.6 is 11.5 Å². The van der Waals surface area contributed by atoms with Gasteiger partial charge in [0.1, 0.15) is 16.6 Å². The molecule has 0 saturated carbocycles. The van der Waals surface area contributed by atoms with Gasteiger partial charge >= 0.3 is 0 Å². The number of nitriles is 1. The van der Waals surface area contributed by atoms with Gasteiger partial charge in [-0.3, -0.25) is 0 Å². The average Bonchev–Trinajstić information content (AvgIpc) is 2.55. The second kappa shape index (κ2) is 4.99. The largest absolute Gasteiger partial charge is 0.382 e. The van der Waals surface area contributed by atoms with Crippen molar-refractivity contribution in [2.24, 2.45) is 0 Å². The third-order valence-corrected chi connectivity index (χ3v) is 3.06. The van der Waals surface area contributed by atoms with Gasteiger partial charge in [0.25, 0.3) is 0 Å². The number of aromatic nitrogens is 1. The van der Waals surface area contributed by atoms with E-state index in [4.69, 9.17) is 11.0 Å². The average molecular weight is 224 g/mol. The Balaban J connectivity index is 3.06. The maximum atomic E-state index is 9.00. The zero-order valence-corrected chi connectivity index (χ0v) is 10.1. The molecule has 5 heteroatoms. The van der Waals surface area contributed by atoms with Gasteiger partial charge in [0.2, 0.25) is 0 Å². The molecular formula is C10H16N4S. The van der Waals surface area contributed by atoms with E-state index in [9.17, 15) is 0 Å². The van der Waals surface area contributed by atoms with Crippen molar-refractivity contribution in [1.29, 1.82) is 5.26 Å². The monoisotopic (exact) mass is 224 g/mol. The second-order valence-electron chi connectivity index (χ2n) is 3.65. The van der Waals surface area contributed by atoms with Gasteiger partial charge in [0.15, 0.2) is 5.82 Å². The smallest absolute Gasteiger partial charge is 0.157 e. The molecule has 82 valence electrons. The van der Waals surface area contributed by atoms with Crippen molar-refractivity contribution in [2.45, 2.75) is 33.2 Å². The van der Waals surface area contributed by atoms with E-state index < -0.39 is 0 Å². The minimum Gasteiger partial charge on any atom is -0.382 e. The van der Waals surface area contributed by atoms with Crippen molar-refractivity contribution in [3.8, 4) is 6.07 Å². The number of hydrogen-bond acceptors (Lipinski definition) is 5. The van der Waals surface area contributed by atoms with Gasteiger partial charge in [-0.15, -0.1) is 0 Å². The molecule has 0 spiro atoms. The van der Waals surface area contributed by atoms with Crippen molar-refractivity contribution in [1.82, 2.24) is 4.37 Å². The summed E-state index contributed by atoms with van der Waals surface area (Å²) in [6.45, 7) is 7.25. The Labute approximate surface area is 94.5 Å². The summed E-state index contributed by atoms with van der Waals surface area (Å²) >= 11 is 1.31. The van der Waals surface area contributed by atoms with E-state index in [2.05, 4.69) is 36.1 Å². The molecule has 0 atom stereocenters. The van der Waals surface area contributed by atoms with Crippen LogP contribution in [0.1, 0.15) is 32.8 Å². The van der Waals surface area contributed by atoms with Gasteiger partial charge < -0.3 is 10.6 Å². The molecule has 15 heavy (non-hydrogen) atoms. The molecule has 0 bridgehead atoms. The van der Waals surface area contributed by atoms with Crippen LogP contribution in [0.4, 0.5) is 10.8 Å². The lowest BCUT2D eigenvalue weighted by atomic mass is 10.2. The fourth-order valence-corrected chi connectivity index (χ4v) is 2.35. The van der Waals surface area contributed by atoms with Crippen molar-refractivity contribution >= 4 is 22.4 Å². The van der Waals surface area contributed by atoms with Crippen LogP contribution in [0, 0.1) is 11.3 Å². The Kier molecular flexibility index (Phi) is 3.92. The first kappa shape index (κ1) is 11.8. The minimum absolute atomic E-state index is 0.347. The Morgan fingerprint density at radius 1 is 1.60 bits per heavy atom. The van der Waals surface area contributed by atoms with Crippen LogP contribution in [0.5, 0.6) is 0 Å².